The summed E-state index contributed by atoms with van der Waals surface area (Å²) in [4.78, 5) is 22.2. The number of rotatable bonds is 4. The zero-order valence-electron chi connectivity index (χ0n) is 13.5. The highest BCUT2D eigenvalue weighted by Gasteiger charge is 2.18. The van der Waals surface area contributed by atoms with Crippen LogP contribution in [0.3, 0.4) is 0 Å². The Morgan fingerprint density at radius 3 is 2.77 bits per heavy atom. The van der Waals surface area contributed by atoms with Gasteiger partial charge in [-0.2, -0.15) is 11.3 Å². The van der Waals surface area contributed by atoms with Crippen LogP contribution < -0.4 is 5.32 Å². The van der Waals surface area contributed by atoms with Crippen molar-refractivity contribution in [1.29, 1.82) is 0 Å². The lowest BCUT2D eigenvalue weighted by Gasteiger charge is -2.00. The first-order valence-electron chi connectivity index (χ1n) is 7.63. The van der Waals surface area contributed by atoms with E-state index in [1.165, 1.54) is 22.7 Å². The predicted octanol–water partition coefficient (Wildman–Crippen LogP) is 6.21. The smallest absolute Gasteiger partial charge is 0.269 e. The van der Waals surface area contributed by atoms with Gasteiger partial charge in [-0.15, -0.1) is 22.7 Å². The average Bonchev–Trinajstić information content (AvgIpc) is 3.35. The number of nitrogens with zero attached hydrogens (tertiary/aromatic N) is 2. The van der Waals surface area contributed by atoms with Crippen molar-refractivity contribution >= 4 is 56.7 Å². The van der Waals surface area contributed by atoms with Gasteiger partial charge in [0.2, 0.25) is 0 Å². The Kier molecular flexibility index (Phi) is 4.86. The first-order valence-corrected chi connectivity index (χ1v) is 10.7. The first-order chi connectivity index (χ1) is 12.6. The highest BCUT2D eigenvalue weighted by Crippen LogP contribution is 2.32. The van der Waals surface area contributed by atoms with Gasteiger partial charge in [-0.25, -0.2) is 9.97 Å². The van der Waals surface area contributed by atoms with Crippen molar-refractivity contribution in [3.63, 3.8) is 0 Å². The minimum atomic E-state index is -0.193. The molecule has 1 N–H and O–H groups in total. The second-order valence-corrected chi connectivity index (χ2v) is 8.46. The molecule has 4 aromatic rings. The first kappa shape index (κ1) is 17.4. The average molecular weight is 418 g/mol. The number of amides is 1. The standard InChI is InChI=1S/C18H12ClN3OS3/c1-10-15(26-17(20-10)11-6-7-24-8-11)16(23)22-18-21-14(9-25-18)12-4-2-3-5-13(12)19/h2-9H,1H3,(H,21,22,23). The van der Waals surface area contributed by atoms with Crippen LogP contribution in [0.1, 0.15) is 15.4 Å². The van der Waals surface area contributed by atoms with Gasteiger partial charge in [-0.05, 0) is 24.4 Å². The van der Waals surface area contributed by atoms with Gasteiger partial charge in [-0.3, -0.25) is 10.1 Å². The lowest BCUT2D eigenvalue weighted by Crippen LogP contribution is -2.11. The van der Waals surface area contributed by atoms with Crippen molar-refractivity contribution < 1.29 is 4.79 Å². The van der Waals surface area contributed by atoms with E-state index in [4.69, 9.17) is 11.6 Å². The van der Waals surface area contributed by atoms with Crippen LogP contribution in [0.5, 0.6) is 0 Å². The van der Waals surface area contributed by atoms with Crippen LogP contribution in [0, 0.1) is 6.92 Å². The van der Waals surface area contributed by atoms with Crippen LogP contribution in [0.15, 0.2) is 46.5 Å². The highest BCUT2D eigenvalue weighted by molar-refractivity contribution is 7.18. The lowest BCUT2D eigenvalue weighted by molar-refractivity contribution is 0.103. The molecule has 26 heavy (non-hydrogen) atoms. The van der Waals surface area contributed by atoms with Crippen LogP contribution in [-0.4, -0.2) is 15.9 Å². The zero-order valence-corrected chi connectivity index (χ0v) is 16.7. The summed E-state index contributed by atoms with van der Waals surface area (Å²) in [5, 5.41) is 10.8. The predicted molar refractivity (Wildman–Crippen MR) is 111 cm³/mol. The van der Waals surface area contributed by atoms with Gasteiger partial charge in [0.15, 0.2) is 5.13 Å². The molecule has 0 aliphatic carbocycles. The molecule has 0 spiro atoms. The van der Waals surface area contributed by atoms with E-state index in [0.29, 0.717) is 15.0 Å². The Morgan fingerprint density at radius 1 is 1.15 bits per heavy atom. The van der Waals surface area contributed by atoms with Crippen LogP contribution in [-0.2, 0) is 0 Å². The summed E-state index contributed by atoms with van der Waals surface area (Å²) in [5.41, 5.74) is 3.35. The SMILES string of the molecule is Cc1nc(-c2ccsc2)sc1C(=O)Nc1nc(-c2ccccc2Cl)cs1. The molecule has 130 valence electrons. The Balaban J connectivity index is 1.55. The van der Waals surface area contributed by atoms with E-state index in [0.717, 1.165) is 27.5 Å². The molecule has 0 fully saturated rings. The second kappa shape index (κ2) is 7.28. The maximum Gasteiger partial charge on any atom is 0.269 e. The molecule has 1 amide bonds. The zero-order chi connectivity index (χ0) is 18.1. The van der Waals surface area contributed by atoms with E-state index in [2.05, 4.69) is 15.3 Å². The van der Waals surface area contributed by atoms with Crippen LogP contribution in [0.2, 0.25) is 5.02 Å². The number of nitrogens with one attached hydrogen (secondary N) is 1. The summed E-state index contributed by atoms with van der Waals surface area (Å²) in [7, 11) is 0. The summed E-state index contributed by atoms with van der Waals surface area (Å²) in [6.07, 6.45) is 0. The molecule has 0 radical (unpaired) electrons. The number of carbonyl (C=O) groups excluding carboxylic acids is 1. The number of aromatic nitrogens is 2. The van der Waals surface area contributed by atoms with Crippen molar-refractivity contribution in [3.05, 3.63) is 62.1 Å². The largest absolute Gasteiger partial charge is 0.297 e. The van der Waals surface area contributed by atoms with Crippen molar-refractivity contribution in [2.75, 3.05) is 5.32 Å². The molecule has 4 rings (SSSR count). The third-order valence-corrected chi connectivity index (χ3v) is 6.62. The molecular formula is C18H12ClN3OS3. The molecular weight excluding hydrogens is 406 g/mol. The molecule has 0 atom stereocenters. The second-order valence-electron chi connectivity index (χ2n) is 5.42. The minimum absolute atomic E-state index is 0.193. The maximum atomic E-state index is 12.6. The van der Waals surface area contributed by atoms with Gasteiger partial charge >= 0.3 is 0 Å². The Hall–Kier alpha value is -2.06. The van der Waals surface area contributed by atoms with Gasteiger partial charge in [0, 0.05) is 26.9 Å². The van der Waals surface area contributed by atoms with Crippen LogP contribution >= 0.6 is 45.6 Å². The van der Waals surface area contributed by atoms with Gasteiger partial charge in [0.25, 0.3) is 5.91 Å². The Morgan fingerprint density at radius 2 is 2.00 bits per heavy atom. The fraction of sp³-hybridized carbons (Fsp3) is 0.0556. The van der Waals surface area contributed by atoms with Crippen LogP contribution in [0.25, 0.3) is 21.8 Å². The molecule has 0 aliphatic heterocycles. The summed E-state index contributed by atoms with van der Waals surface area (Å²) >= 11 is 10.6. The molecule has 0 bridgehead atoms. The summed E-state index contributed by atoms with van der Waals surface area (Å²) < 4.78 is 0. The van der Waals surface area contributed by atoms with Crippen molar-refractivity contribution in [2.24, 2.45) is 0 Å². The van der Waals surface area contributed by atoms with Gasteiger partial charge in [-0.1, -0.05) is 29.8 Å². The Labute approximate surface area is 167 Å². The minimum Gasteiger partial charge on any atom is -0.297 e. The van der Waals surface area contributed by atoms with Crippen molar-refractivity contribution in [1.82, 2.24) is 9.97 Å². The fourth-order valence-electron chi connectivity index (χ4n) is 2.39. The van der Waals surface area contributed by atoms with Gasteiger partial charge in [0.05, 0.1) is 11.4 Å². The number of carbonyl (C=O) groups is 1. The fourth-order valence-corrected chi connectivity index (χ4v) is 5.01. The van der Waals surface area contributed by atoms with E-state index in [1.54, 1.807) is 11.3 Å². The number of anilines is 1. The number of hydrogen-bond acceptors (Lipinski definition) is 6. The topological polar surface area (TPSA) is 54.9 Å². The lowest BCUT2D eigenvalue weighted by atomic mass is 10.2. The van der Waals surface area contributed by atoms with Crippen molar-refractivity contribution in [3.8, 4) is 21.8 Å². The summed E-state index contributed by atoms with van der Waals surface area (Å²) in [6.45, 7) is 1.85. The molecule has 8 heteroatoms. The number of halogens is 1. The molecule has 3 aromatic heterocycles. The number of aryl methyl sites for hydroxylation is 1. The van der Waals surface area contributed by atoms with E-state index >= 15 is 0 Å². The highest BCUT2D eigenvalue weighted by atomic mass is 35.5. The summed E-state index contributed by atoms with van der Waals surface area (Å²) in [5.74, 6) is -0.193. The molecule has 0 saturated carbocycles. The van der Waals surface area contributed by atoms with E-state index < -0.39 is 0 Å². The monoisotopic (exact) mass is 417 g/mol. The molecule has 3 heterocycles. The van der Waals surface area contributed by atoms with Crippen LogP contribution in [0.4, 0.5) is 5.13 Å². The molecule has 0 aliphatic rings. The van der Waals surface area contributed by atoms with E-state index in [-0.39, 0.29) is 5.91 Å². The number of hydrogen-bond donors (Lipinski definition) is 1. The molecule has 0 saturated heterocycles. The third-order valence-electron chi connectivity index (χ3n) is 3.65. The molecule has 1 aromatic carbocycles. The Bertz CT molecular complexity index is 1070. The van der Waals surface area contributed by atoms with Crippen molar-refractivity contribution in [2.45, 2.75) is 6.92 Å². The number of thiophene rings is 1. The molecule has 0 unspecified atom stereocenters. The maximum absolute atomic E-state index is 12.6. The van der Waals surface area contributed by atoms with E-state index in [9.17, 15) is 4.79 Å². The normalized spacial score (nSPS) is 10.8. The summed E-state index contributed by atoms with van der Waals surface area (Å²) in [6, 6.07) is 9.51. The van der Waals surface area contributed by atoms with Gasteiger partial charge < -0.3 is 0 Å². The number of thiazole rings is 2. The van der Waals surface area contributed by atoms with Gasteiger partial charge in [0.1, 0.15) is 9.88 Å². The number of benzene rings is 1. The molecule has 4 nitrogen and oxygen atoms in total. The van der Waals surface area contributed by atoms with E-state index in [1.807, 2.05) is 53.4 Å². The quantitative estimate of drug-likeness (QED) is 0.429. The third kappa shape index (κ3) is 3.43.